The van der Waals surface area contributed by atoms with E-state index in [4.69, 9.17) is 16.3 Å². The molecule has 29 heavy (non-hydrogen) atoms. The Kier molecular flexibility index (Phi) is 7.67. The van der Waals surface area contributed by atoms with Gasteiger partial charge in [-0.2, -0.15) is 0 Å². The van der Waals surface area contributed by atoms with Crippen molar-refractivity contribution in [3.05, 3.63) is 64.2 Å². The molecule has 1 fully saturated rings. The molecule has 0 radical (unpaired) electrons. The summed E-state index contributed by atoms with van der Waals surface area (Å²) in [6.45, 7) is 5.19. The number of likely N-dealkylation sites (tertiary alicyclic amines) is 1. The Balaban J connectivity index is 1.63. The number of nitrogens with one attached hydrogen (secondary N) is 1. The van der Waals surface area contributed by atoms with Crippen LogP contribution in [0, 0.1) is 0 Å². The number of halogens is 1. The molecule has 2 aromatic carbocycles. The van der Waals surface area contributed by atoms with Crippen molar-refractivity contribution in [1.29, 1.82) is 0 Å². The minimum absolute atomic E-state index is 0.233. The second-order valence-corrected chi connectivity index (χ2v) is 7.66. The molecule has 0 saturated carbocycles. The number of rotatable bonds is 6. The number of benzene rings is 2. The van der Waals surface area contributed by atoms with Gasteiger partial charge in [0.05, 0.1) is 17.2 Å². The normalized spacial score (nSPS) is 14.8. The second-order valence-electron chi connectivity index (χ2n) is 7.26. The minimum atomic E-state index is -0.508. The average Bonchev–Trinajstić information content (AvgIpc) is 2.99. The number of amides is 1. The SMILES string of the molecule is CCOC(=O)c1cc(NC(=O)c2ccc(CN3CCCCCC3)cc2)ccc1Cl. The van der Waals surface area contributed by atoms with Gasteiger partial charge in [-0.05, 0) is 68.8 Å². The van der Waals surface area contributed by atoms with Gasteiger partial charge in [0.25, 0.3) is 5.91 Å². The molecular weight excluding hydrogens is 388 g/mol. The van der Waals surface area contributed by atoms with Crippen LogP contribution >= 0.6 is 11.6 Å². The number of hydrogen-bond donors (Lipinski definition) is 1. The van der Waals surface area contributed by atoms with Crippen LogP contribution in [0.25, 0.3) is 0 Å². The molecule has 5 nitrogen and oxygen atoms in total. The van der Waals surface area contributed by atoms with Crippen LogP contribution in [-0.2, 0) is 11.3 Å². The number of carbonyl (C=O) groups excluding carboxylic acids is 2. The van der Waals surface area contributed by atoms with E-state index < -0.39 is 5.97 Å². The van der Waals surface area contributed by atoms with Crippen molar-refractivity contribution in [1.82, 2.24) is 4.90 Å². The summed E-state index contributed by atoms with van der Waals surface area (Å²) >= 11 is 6.07. The number of nitrogens with zero attached hydrogens (tertiary/aromatic N) is 1. The van der Waals surface area contributed by atoms with E-state index in [1.807, 2.05) is 24.3 Å². The number of esters is 1. The molecule has 1 amide bonds. The van der Waals surface area contributed by atoms with Crippen LogP contribution in [0.1, 0.15) is 58.9 Å². The van der Waals surface area contributed by atoms with Crippen LogP contribution in [0.15, 0.2) is 42.5 Å². The minimum Gasteiger partial charge on any atom is -0.462 e. The molecule has 154 valence electrons. The first-order valence-corrected chi connectivity index (χ1v) is 10.5. The quantitative estimate of drug-likeness (QED) is 0.664. The van der Waals surface area contributed by atoms with E-state index in [0.29, 0.717) is 16.3 Å². The molecule has 0 bridgehead atoms. The fourth-order valence-corrected chi connectivity index (χ4v) is 3.68. The monoisotopic (exact) mass is 414 g/mol. The molecule has 0 spiro atoms. The fourth-order valence-electron chi connectivity index (χ4n) is 3.49. The standard InChI is InChI=1S/C23H27ClN2O3/c1-2-29-23(28)20-15-19(11-12-21(20)24)25-22(27)18-9-7-17(8-10-18)16-26-13-5-3-4-6-14-26/h7-12,15H,2-6,13-14,16H2,1H3,(H,25,27). The summed E-state index contributed by atoms with van der Waals surface area (Å²) in [5.74, 6) is -0.741. The van der Waals surface area contributed by atoms with Gasteiger partial charge < -0.3 is 10.1 Å². The third kappa shape index (κ3) is 6.05. The van der Waals surface area contributed by atoms with Gasteiger partial charge in [-0.15, -0.1) is 0 Å². The summed E-state index contributed by atoms with van der Waals surface area (Å²) < 4.78 is 5.00. The van der Waals surface area contributed by atoms with Gasteiger partial charge in [-0.1, -0.05) is 36.6 Å². The molecule has 6 heteroatoms. The topological polar surface area (TPSA) is 58.6 Å². The van der Waals surface area contributed by atoms with Crippen molar-refractivity contribution < 1.29 is 14.3 Å². The third-order valence-corrected chi connectivity index (χ3v) is 5.37. The van der Waals surface area contributed by atoms with E-state index in [9.17, 15) is 9.59 Å². The second kappa shape index (κ2) is 10.4. The molecule has 0 aliphatic carbocycles. The average molecular weight is 415 g/mol. The summed E-state index contributed by atoms with van der Waals surface area (Å²) in [6.07, 6.45) is 5.15. The number of carbonyl (C=O) groups is 2. The maximum atomic E-state index is 12.6. The number of ether oxygens (including phenoxy) is 1. The summed E-state index contributed by atoms with van der Waals surface area (Å²) in [4.78, 5) is 27.0. The van der Waals surface area contributed by atoms with Crippen molar-refractivity contribution >= 4 is 29.2 Å². The number of hydrogen-bond acceptors (Lipinski definition) is 4. The highest BCUT2D eigenvalue weighted by Gasteiger charge is 2.14. The third-order valence-electron chi connectivity index (χ3n) is 5.04. The van der Waals surface area contributed by atoms with Crippen molar-refractivity contribution in [3.63, 3.8) is 0 Å². The molecule has 0 aromatic heterocycles. The van der Waals surface area contributed by atoms with Gasteiger partial charge >= 0.3 is 5.97 Å². The highest BCUT2D eigenvalue weighted by molar-refractivity contribution is 6.33. The summed E-state index contributed by atoms with van der Waals surface area (Å²) in [7, 11) is 0. The lowest BCUT2D eigenvalue weighted by Gasteiger charge is -2.19. The summed E-state index contributed by atoms with van der Waals surface area (Å²) in [5.41, 5.74) is 2.51. The summed E-state index contributed by atoms with van der Waals surface area (Å²) in [5, 5.41) is 3.11. The van der Waals surface area contributed by atoms with Gasteiger partial charge in [-0.25, -0.2) is 4.79 Å². The predicted molar refractivity (Wildman–Crippen MR) is 116 cm³/mol. The van der Waals surface area contributed by atoms with Crippen molar-refractivity contribution in [2.24, 2.45) is 0 Å². The molecule has 1 aliphatic heterocycles. The van der Waals surface area contributed by atoms with E-state index >= 15 is 0 Å². The van der Waals surface area contributed by atoms with E-state index in [-0.39, 0.29) is 18.1 Å². The van der Waals surface area contributed by atoms with E-state index in [1.54, 1.807) is 19.1 Å². The van der Waals surface area contributed by atoms with Crippen LogP contribution in [-0.4, -0.2) is 36.5 Å². The van der Waals surface area contributed by atoms with E-state index in [1.165, 1.54) is 37.3 Å². The Bertz CT molecular complexity index is 844. The Morgan fingerprint density at radius 3 is 2.38 bits per heavy atom. The van der Waals surface area contributed by atoms with Gasteiger partial charge in [0.1, 0.15) is 0 Å². The molecule has 1 heterocycles. The van der Waals surface area contributed by atoms with Crippen LogP contribution in [0.3, 0.4) is 0 Å². The maximum Gasteiger partial charge on any atom is 0.339 e. The number of anilines is 1. The first kappa shape index (κ1) is 21.3. The van der Waals surface area contributed by atoms with E-state index in [2.05, 4.69) is 10.2 Å². The van der Waals surface area contributed by atoms with Gasteiger partial charge in [0, 0.05) is 17.8 Å². The van der Waals surface area contributed by atoms with Crippen molar-refractivity contribution in [2.75, 3.05) is 25.0 Å². The maximum absolute atomic E-state index is 12.6. The molecular formula is C23H27ClN2O3. The largest absolute Gasteiger partial charge is 0.462 e. The van der Waals surface area contributed by atoms with Crippen LogP contribution < -0.4 is 5.32 Å². The van der Waals surface area contributed by atoms with Crippen molar-refractivity contribution in [2.45, 2.75) is 39.2 Å². The zero-order valence-electron chi connectivity index (χ0n) is 16.7. The van der Waals surface area contributed by atoms with E-state index in [0.717, 1.165) is 19.6 Å². The smallest absolute Gasteiger partial charge is 0.339 e. The molecule has 1 aliphatic rings. The molecule has 0 atom stereocenters. The first-order chi connectivity index (χ1) is 14.1. The lowest BCUT2D eigenvalue weighted by atomic mass is 10.1. The van der Waals surface area contributed by atoms with Gasteiger partial charge in [0.15, 0.2) is 0 Å². The Morgan fingerprint density at radius 2 is 1.72 bits per heavy atom. The molecule has 2 aromatic rings. The Labute approximate surface area is 177 Å². The summed E-state index contributed by atoms with van der Waals surface area (Å²) in [6, 6.07) is 12.5. The molecule has 1 N–H and O–H groups in total. The van der Waals surface area contributed by atoms with Gasteiger partial charge in [0.2, 0.25) is 0 Å². The Hall–Kier alpha value is -2.37. The lowest BCUT2D eigenvalue weighted by Crippen LogP contribution is -2.24. The highest BCUT2D eigenvalue weighted by Crippen LogP contribution is 2.22. The van der Waals surface area contributed by atoms with Crippen molar-refractivity contribution in [3.8, 4) is 0 Å². The zero-order chi connectivity index (χ0) is 20.6. The fraction of sp³-hybridized carbons (Fsp3) is 0.391. The lowest BCUT2D eigenvalue weighted by molar-refractivity contribution is 0.0526. The first-order valence-electron chi connectivity index (χ1n) is 10.2. The Morgan fingerprint density at radius 1 is 1.03 bits per heavy atom. The van der Waals surface area contributed by atoms with Crippen LogP contribution in [0.4, 0.5) is 5.69 Å². The molecule has 1 saturated heterocycles. The van der Waals surface area contributed by atoms with Crippen LogP contribution in [0.2, 0.25) is 5.02 Å². The predicted octanol–water partition coefficient (Wildman–Crippen LogP) is 5.15. The highest BCUT2D eigenvalue weighted by atomic mass is 35.5. The van der Waals surface area contributed by atoms with Gasteiger partial charge in [-0.3, -0.25) is 9.69 Å². The van der Waals surface area contributed by atoms with Crippen LogP contribution in [0.5, 0.6) is 0 Å². The molecule has 0 unspecified atom stereocenters. The zero-order valence-corrected chi connectivity index (χ0v) is 17.5. The molecule has 3 rings (SSSR count).